The highest BCUT2D eigenvalue weighted by molar-refractivity contribution is 5.94. The number of nitrogens with two attached hydrogens (primary N) is 1. The molecule has 0 aromatic heterocycles. The highest BCUT2D eigenvalue weighted by Crippen LogP contribution is 2.18. The van der Waals surface area contributed by atoms with E-state index >= 15 is 0 Å². The molecule has 1 heterocycles. The Bertz CT molecular complexity index is 273. The van der Waals surface area contributed by atoms with Crippen LogP contribution in [0.4, 0.5) is 0 Å². The minimum absolute atomic E-state index is 0.108. The molecular weight excluding hydrogens is 190 g/mol. The van der Waals surface area contributed by atoms with E-state index < -0.39 is 0 Å². The lowest BCUT2D eigenvalue weighted by Crippen LogP contribution is -2.53. The molecule has 0 saturated carbocycles. The zero-order valence-corrected chi connectivity index (χ0v) is 9.84. The number of allylic oxidation sites excluding steroid dienone is 1. The first-order valence-corrected chi connectivity index (χ1v) is 5.65. The minimum atomic E-state index is -0.132. The lowest BCUT2D eigenvalue weighted by molar-refractivity contribution is -0.120. The van der Waals surface area contributed by atoms with E-state index in [1.807, 2.05) is 6.92 Å². The summed E-state index contributed by atoms with van der Waals surface area (Å²) in [5, 5.41) is 2.91. The van der Waals surface area contributed by atoms with Crippen LogP contribution in [0.1, 0.15) is 40.0 Å². The van der Waals surface area contributed by atoms with Gasteiger partial charge in [0.25, 0.3) is 5.91 Å². The molecule has 1 unspecified atom stereocenters. The third-order valence-corrected chi connectivity index (χ3v) is 2.88. The summed E-state index contributed by atoms with van der Waals surface area (Å²) in [5.74, 6) is -0.132. The highest BCUT2D eigenvalue weighted by atomic mass is 16.2. The Hall–Kier alpha value is -1.19. The van der Waals surface area contributed by atoms with Crippen LogP contribution >= 0.6 is 0 Å². The van der Waals surface area contributed by atoms with Crippen molar-refractivity contribution in [3.8, 4) is 0 Å². The van der Waals surface area contributed by atoms with E-state index in [4.69, 9.17) is 5.73 Å². The van der Waals surface area contributed by atoms with Gasteiger partial charge in [0.15, 0.2) is 0 Å². The molecule has 0 bridgehead atoms. The van der Waals surface area contributed by atoms with Crippen molar-refractivity contribution < 1.29 is 4.79 Å². The number of carbonyl (C=O) groups excluding carboxylic acids is 1. The Balaban J connectivity index is 2.82. The first kappa shape index (κ1) is 11.9. The third kappa shape index (κ3) is 2.43. The second kappa shape index (κ2) is 5.05. The summed E-state index contributed by atoms with van der Waals surface area (Å²) < 4.78 is 0. The lowest BCUT2D eigenvalue weighted by Gasteiger charge is -2.38. The Morgan fingerprint density at radius 2 is 2.13 bits per heavy atom. The van der Waals surface area contributed by atoms with Crippen LogP contribution in [-0.2, 0) is 4.79 Å². The molecule has 0 aromatic carbocycles. The van der Waals surface area contributed by atoms with E-state index in [1.165, 1.54) is 0 Å². The van der Waals surface area contributed by atoms with E-state index in [9.17, 15) is 4.79 Å². The van der Waals surface area contributed by atoms with Gasteiger partial charge in [-0.05, 0) is 19.8 Å². The highest BCUT2D eigenvalue weighted by Gasteiger charge is 2.27. The number of carbonyl (C=O) groups is 1. The van der Waals surface area contributed by atoms with Gasteiger partial charge in [0.05, 0.1) is 0 Å². The van der Waals surface area contributed by atoms with Crippen molar-refractivity contribution in [2.45, 2.75) is 46.2 Å². The second-order valence-corrected chi connectivity index (χ2v) is 3.94. The smallest absolute Gasteiger partial charge is 0.270 e. The molecule has 0 saturated heterocycles. The Morgan fingerprint density at radius 1 is 1.47 bits per heavy atom. The Labute approximate surface area is 91.5 Å². The molecule has 1 aliphatic rings. The van der Waals surface area contributed by atoms with Gasteiger partial charge in [-0.3, -0.25) is 4.79 Å². The maximum atomic E-state index is 11.5. The van der Waals surface area contributed by atoms with Gasteiger partial charge >= 0.3 is 0 Å². The van der Waals surface area contributed by atoms with Crippen LogP contribution < -0.4 is 11.1 Å². The van der Waals surface area contributed by atoms with Crippen molar-refractivity contribution >= 4 is 5.91 Å². The number of hydrogen-bond donors (Lipinski definition) is 2. The monoisotopic (exact) mass is 211 g/mol. The largest absolute Gasteiger partial charge is 0.393 e. The van der Waals surface area contributed by atoms with Crippen molar-refractivity contribution in [3.63, 3.8) is 0 Å². The van der Waals surface area contributed by atoms with Gasteiger partial charge < -0.3 is 16.0 Å². The van der Waals surface area contributed by atoms with Gasteiger partial charge in [-0.15, -0.1) is 0 Å². The number of amides is 1. The van der Waals surface area contributed by atoms with Crippen molar-refractivity contribution in [2.24, 2.45) is 5.73 Å². The standard InChI is InChI=1S/C11H21N3O/c1-4-6-7-14-8(3)10(12)11(15)13-9(14)5-2/h9H,4-7,12H2,1-3H3,(H,13,15). The fourth-order valence-corrected chi connectivity index (χ4v) is 1.83. The molecule has 4 heteroatoms. The predicted molar refractivity (Wildman–Crippen MR) is 60.7 cm³/mol. The molecule has 3 N–H and O–H groups in total. The zero-order chi connectivity index (χ0) is 11.4. The van der Waals surface area contributed by atoms with E-state index in [-0.39, 0.29) is 12.1 Å². The van der Waals surface area contributed by atoms with Crippen LogP contribution in [0.5, 0.6) is 0 Å². The Morgan fingerprint density at radius 3 is 2.67 bits per heavy atom. The number of nitrogens with one attached hydrogen (secondary N) is 1. The summed E-state index contributed by atoms with van der Waals surface area (Å²) in [7, 11) is 0. The van der Waals surface area contributed by atoms with Crippen molar-refractivity contribution in [3.05, 3.63) is 11.4 Å². The summed E-state index contributed by atoms with van der Waals surface area (Å²) >= 11 is 0. The minimum Gasteiger partial charge on any atom is -0.393 e. The van der Waals surface area contributed by atoms with Crippen molar-refractivity contribution in [2.75, 3.05) is 6.54 Å². The molecular formula is C11H21N3O. The molecule has 1 aliphatic heterocycles. The fraction of sp³-hybridized carbons (Fsp3) is 0.727. The predicted octanol–water partition coefficient (Wildman–Crippen LogP) is 1.14. The number of nitrogens with zero attached hydrogens (tertiary/aromatic N) is 1. The SMILES string of the molecule is CCCCN1C(C)=C(N)C(=O)NC1CC. The Kier molecular flexibility index (Phi) is 4.00. The molecule has 4 nitrogen and oxygen atoms in total. The van der Waals surface area contributed by atoms with E-state index in [2.05, 4.69) is 24.1 Å². The van der Waals surface area contributed by atoms with Crippen molar-refractivity contribution in [1.29, 1.82) is 0 Å². The van der Waals surface area contributed by atoms with Gasteiger partial charge in [-0.2, -0.15) is 0 Å². The number of hydrogen-bond acceptors (Lipinski definition) is 3. The molecule has 0 fully saturated rings. The maximum absolute atomic E-state index is 11.5. The average Bonchev–Trinajstić information content (AvgIpc) is 2.24. The summed E-state index contributed by atoms with van der Waals surface area (Å²) in [4.78, 5) is 13.7. The van der Waals surface area contributed by atoms with Crippen LogP contribution in [0.25, 0.3) is 0 Å². The number of rotatable bonds is 4. The van der Waals surface area contributed by atoms with Crippen LogP contribution in [0.2, 0.25) is 0 Å². The van der Waals surface area contributed by atoms with Gasteiger partial charge in [0, 0.05) is 12.2 Å². The molecule has 1 amide bonds. The third-order valence-electron chi connectivity index (χ3n) is 2.88. The van der Waals surface area contributed by atoms with Crippen LogP contribution in [-0.4, -0.2) is 23.5 Å². The van der Waals surface area contributed by atoms with Gasteiger partial charge in [0.1, 0.15) is 11.9 Å². The summed E-state index contributed by atoms with van der Waals surface area (Å²) in [5.41, 5.74) is 7.00. The van der Waals surface area contributed by atoms with E-state index in [0.29, 0.717) is 5.70 Å². The molecule has 1 rings (SSSR count). The van der Waals surface area contributed by atoms with Gasteiger partial charge in [-0.25, -0.2) is 0 Å². The molecule has 0 aromatic rings. The van der Waals surface area contributed by atoms with Crippen molar-refractivity contribution in [1.82, 2.24) is 10.2 Å². The van der Waals surface area contributed by atoms with Crippen LogP contribution in [0.3, 0.4) is 0 Å². The molecule has 86 valence electrons. The second-order valence-electron chi connectivity index (χ2n) is 3.94. The topological polar surface area (TPSA) is 58.4 Å². The summed E-state index contributed by atoms with van der Waals surface area (Å²) in [6.45, 7) is 7.11. The summed E-state index contributed by atoms with van der Waals surface area (Å²) in [6.07, 6.45) is 3.28. The normalized spacial score (nSPS) is 21.9. The molecule has 0 aliphatic carbocycles. The average molecular weight is 211 g/mol. The molecule has 0 radical (unpaired) electrons. The first-order valence-electron chi connectivity index (χ1n) is 5.65. The van der Waals surface area contributed by atoms with Crippen LogP contribution in [0.15, 0.2) is 11.4 Å². The van der Waals surface area contributed by atoms with E-state index in [0.717, 1.165) is 31.5 Å². The maximum Gasteiger partial charge on any atom is 0.270 e. The number of unbranched alkanes of at least 4 members (excludes halogenated alkanes) is 1. The molecule has 0 spiro atoms. The fourth-order valence-electron chi connectivity index (χ4n) is 1.83. The van der Waals surface area contributed by atoms with E-state index in [1.54, 1.807) is 0 Å². The van der Waals surface area contributed by atoms with Gasteiger partial charge in [0.2, 0.25) is 0 Å². The molecule has 15 heavy (non-hydrogen) atoms. The summed E-state index contributed by atoms with van der Waals surface area (Å²) in [6, 6.07) is 0. The quantitative estimate of drug-likeness (QED) is 0.733. The lowest BCUT2D eigenvalue weighted by atomic mass is 10.1. The van der Waals surface area contributed by atoms with Gasteiger partial charge in [-0.1, -0.05) is 20.3 Å². The molecule has 1 atom stereocenters. The zero-order valence-electron chi connectivity index (χ0n) is 9.84. The first-order chi connectivity index (χ1) is 7.11. The van der Waals surface area contributed by atoms with Crippen LogP contribution in [0, 0.1) is 0 Å².